The highest BCUT2D eigenvalue weighted by Gasteiger charge is 2.12. The molecule has 4 rings (SSSR count). The van der Waals surface area contributed by atoms with E-state index >= 15 is 0 Å². The van der Waals surface area contributed by atoms with Crippen LogP contribution in [0.25, 0.3) is 16.5 Å². The summed E-state index contributed by atoms with van der Waals surface area (Å²) < 4.78 is 7.52. The standard InChI is InChI=1S/C23H21N3O2/c1-17-15-22(25-26(17)20-9-3-2-4-10-20)23(27)24-13-14-28-21-12-11-18-7-5-6-8-19(18)16-21/h2-12,15-16H,13-14H2,1H3,(H,24,27). The van der Waals surface area contributed by atoms with Crippen molar-refractivity contribution in [2.75, 3.05) is 13.2 Å². The lowest BCUT2D eigenvalue weighted by molar-refractivity contribution is 0.0941. The van der Waals surface area contributed by atoms with Gasteiger partial charge in [-0.25, -0.2) is 4.68 Å². The number of fused-ring (bicyclic) bond motifs is 1. The molecule has 5 heteroatoms. The Balaban J connectivity index is 1.33. The van der Waals surface area contributed by atoms with Gasteiger partial charge in [0.2, 0.25) is 0 Å². The van der Waals surface area contributed by atoms with E-state index in [0.717, 1.165) is 22.5 Å². The minimum absolute atomic E-state index is 0.208. The second kappa shape index (κ2) is 7.96. The van der Waals surface area contributed by atoms with Gasteiger partial charge in [0.15, 0.2) is 5.69 Å². The fourth-order valence-electron chi connectivity index (χ4n) is 3.10. The van der Waals surface area contributed by atoms with Crippen LogP contribution in [-0.4, -0.2) is 28.8 Å². The molecule has 0 atom stereocenters. The highest BCUT2D eigenvalue weighted by atomic mass is 16.5. The zero-order chi connectivity index (χ0) is 19.3. The van der Waals surface area contributed by atoms with Crippen LogP contribution in [0.15, 0.2) is 78.9 Å². The van der Waals surface area contributed by atoms with Crippen LogP contribution in [0, 0.1) is 6.92 Å². The number of aromatic nitrogens is 2. The van der Waals surface area contributed by atoms with Crippen molar-refractivity contribution in [1.29, 1.82) is 0 Å². The first-order valence-electron chi connectivity index (χ1n) is 9.22. The molecule has 1 N–H and O–H groups in total. The summed E-state index contributed by atoms with van der Waals surface area (Å²) in [4.78, 5) is 12.4. The van der Waals surface area contributed by atoms with Crippen molar-refractivity contribution in [3.05, 3.63) is 90.3 Å². The van der Waals surface area contributed by atoms with Gasteiger partial charge in [-0.1, -0.05) is 48.5 Å². The highest BCUT2D eigenvalue weighted by molar-refractivity contribution is 5.92. The summed E-state index contributed by atoms with van der Waals surface area (Å²) >= 11 is 0. The maximum Gasteiger partial charge on any atom is 0.271 e. The summed E-state index contributed by atoms with van der Waals surface area (Å²) in [5.41, 5.74) is 2.23. The summed E-state index contributed by atoms with van der Waals surface area (Å²) in [7, 11) is 0. The number of amides is 1. The number of para-hydroxylation sites is 1. The van der Waals surface area contributed by atoms with Crippen molar-refractivity contribution >= 4 is 16.7 Å². The molecular weight excluding hydrogens is 350 g/mol. The molecule has 0 saturated carbocycles. The fourth-order valence-corrected chi connectivity index (χ4v) is 3.10. The summed E-state index contributed by atoms with van der Waals surface area (Å²) in [6.45, 7) is 2.73. The molecule has 0 fully saturated rings. The van der Waals surface area contributed by atoms with E-state index in [1.54, 1.807) is 10.7 Å². The molecule has 0 saturated heterocycles. The lowest BCUT2D eigenvalue weighted by Crippen LogP contribution is -2.28. The quantitative estimate of drug-likeness (QED) is 0.518. The van der Waals surface area contributed by atoms with Crippen molar-refractivity contribution < 1.29 is 9.53 Å². The Bertz CT molecular complexity index is 1100. The van der Waals surface area contributed by atoms with Gasteiger partial charge in [-0.15, -0.1) is 0 Å². The maximum absolute atomic E-state index is 12.4. The van der Waals surface area contributed by atoms with Crippen molar-refractivity contribution in [3.63, 3.8) is 0 Å². The number of ether oxygens (including phenoxy) is 1. The van der Waals surface area contributed by atoms with Gasteiger partial charge in [0.05, 0.1) is 12.2 Å². The second-order valence-corrected chi connectivity index (χ2v) is 6.53. The number of nitrogens with one attached hydrogen (secondary N) is 1. The Hall–Kier alpha value is -3.60. The molecule has 28 heavy (non-hydrogen) atoms. The third-order valence-electron chi connectivity index (χ3n) is 4.50. The molecule has 5 nitrogen and oxygen atoms in total. The summed E-state index contributed by atoms with van der Waals surface area (Å²) in [6.07, 6.45) is 0. The molecule has 0 unspecified atom stereocenters. The number of benzene rings is 3. The SMILES string of the molecule is Cc1cc(C(=O)NCCOc2ccc3ccccc3c2)nn1-c1ccccc1. The predicted molar refractivity (Wildman–Crippen MR) is 110 cm³/mol. The molecule has 0 aliphatic carbocycles. The van der Waals surface area contributed by atoms with Gasteiger partial charge in [-0.05, 0) is 48.0 Å². The zero-order valence-corrected chi connectivity index (χ0v) is 15.6. The van der Waals surface area contributed by atoms with E-state index in [4.69, 9.17) is 4.74 Å². The van der Waals surface area contributed by atoms with Crippen LogP contribution in [0.3, 0.4) is 0 Å². The van der Waals surface area contributed by atoms with E-state index in [-0.39, 0.29) is 5.91 Å². The van der Waals surface area contributed by atoms with Crippen molar-refractivity contribution in [2.45, 2.75) is 6.92 Å². The Morgan fingerprint density at radius 1 is 0.964 bits per heavy atom. The van der Waals surface area contributed by atoms with Crippen LogP contribution in [0.1, 0.15) is 16.2 Å². The zero-order valence-electron chi connectivity index (χ0n) is 15.6. The summed E-state index contributed by atoms with van der Waals surface area (Å²) in [5, 5.41) is 9.58. The molecule has 1 amide bonds. The van der Waals surface area contributed by atoms with Crippen molar-refractivity contribution in [1.82, 2.24) is 15.1 Å². The Morgan fingerprint density at radius 3 is 2.54 bits per heavy atom. The van der Waals surface area contributed by atoms with Gasteiger partial charge in [0.1, 0.15) is 12.4 Å². The molecule has 140 valence electrons. The lowest BCUT2D eigenvalue weighted by Gasteiger charge is -2.08. The molecule has 0 aliphatic heterocycles. The number of carbonyl (C=O) groups excluding carboxylic acids is 1. The molecule has 0 spiro atoms. The van der Waals surface area contributed by atoms with Crippen molar-refractivity contribution in [2.24, 2.45) is 0 Å². The van der Waals surface area contributed by atoms with Gasteiger partial charge in [0, 0.05) is 5.69 Å². The second-order valence-electron chi connectivity index (χ2n) is 6.53. The number of hydrogen-bond donors (Lipinski definition) is 1. The van der Waals surface area contributed by atoms with Gasteiger partial charge in [-0.3, -0.25) is 4.79 Å². The number of rotatable bonds is 6. The third kappa shape index (κ3) is 3.88. The first-order chi connectivity index (χ1) is 13.7. The van der Waals surface area contributed by atoms with E-state index in [2.05, 4.69) is 22.5 Å². The molecule has 0 radical (unpaired) electrons. The van der Waals surface area contributed by atoms with Crippen LogP contribution >= 0.6 is 0 Å². The Morgan fingerprint density at radius 2 is 1.71 bits per heavy atom. The topological polar surface area (TPSA) is 56.1 Å². The predicted octanol–water partition coefficient (Wildman–Crippen LogP) is 4.14. The molecule has 4 aromatic rings. The van der Waals surface area contributed by atoms with Gasteiger partial charge in [-0.2, -0.15) is 5.10 Å². The molecule has 1 aromatic heterocycles. The normalized spacial score (nSPS) is 10.8. The first-order valence-corrected chi connectivity index (χ1v) is 9.22. The van der Waals surface area contributed by atoms with Gasteiger partial charge < -0.3 is 10.1 Å². The van der Waals surface area contributed by atoms with Crippen LogP contribution in [0.2, 0.25) is 0 Å². The molecule has 1 heterocycles. The van der Waals surface area contributed by atoms with E-state index in [0.29, 0.717) is 18.8 Å². The molecule has 3 aromatic carbocycles. The van der Waals surface area contributed by atoms with Crippen LogP contribution < -0.4 is 10.1 Å². The van der Waals surface area contributed by atoms with E-state index < -0.39 is 0 Å². The summed E-state index contributed by atoms with van der Waals surface area (Å²) in [6, 6.07) is 25.6. The fraction of sp³-hybridized carbons (Fsp3) is 0.130. The Kier molecular flexibility index (Phi) is 5.06. The van der Waals surface area contributed by atoms with E-state index in [1.807, 2.05) is 67.6 Å². The van der Waals surface area contributed by atoms with Crippen LogP contribution in [0.5, 0.6) is 5.75 Å². The number of hydrogen-bond acceptors (Lipinski definition) is 3. The van der Waals surface area contributed by atoms with E-state index in [1.165, 1.54) is 5.39 Å². The Labute approximate surface area is 163 Å². The van der Waals surface area contributed by atoms with Gasteiger partial charge in [0.25, 0.3) is 5.91 Å². The molecular formula is C23H21N3O2. The smallest absolute Gasteiger partial charge is 0.271 e. The lowest BCUT2D eigenvalue weighted by atomic mass is 10.1. The minimum Gasteiger partial charge on any atom is -0.492 e. The van der Waals surface area contributed by atoms with Crippen LogP contribution in [0.4, 0.5) is 0 Å². The largest absolute Gasteiger partial charge is 0.492 e. The van der Waals surface area contributed by atoms with Gasteiger partial charge >= 0.3 is 0 Å². The van der Waals surface area contributed by atoms with Crippen molar-refractivity contribution in [3.8, 4) is 11.4 Å². The number of carbonyl (C=O) groups is 1. The third-order valence-corrected chi connectivity index (χ3v) is 4.50. The molecule has 0 bridgehead atoms. The number of nitrogens with zero attached hydrogens (tertiary/aromatic N) is 2. The average Bonchev–Trinajstić information content (AvgIpc) is 3.13. The highest BCUT2D eigenvalue weighted by Crippen LogP contribution is 2.20. The molecule has 0 aliphatic rings. The first kappa shape index (κ1) is 17.8. The minimum atomic E-state index is -0.208. The average molecular weight is 371 g/mol. The van der Waals surface area contributed by atoms with E-state index in [9.17, 15) is 4.79 Å². The number of aryl methyl sites for hydroxylation is 1. The maximum atomic E-state index is 12.4. The summed E-state index contributed by atoms with van der Waals surface area (Å²) in [5.74, 6) is 0.581. The monoisotopic (exact) mass is 371 g/mol. The van der Waals surface area contributed by atoms with Crippen LogP contribution in [-0.2, 0) is 0 Å².